The minimum atomic E-state index is -3.72. The second-order valence-electron chi connectivity index (χ2n) is 4.09. The molecule has 0 aliphatic heterocycles. The van der Waals surface area contributed by atoms with Crippen LogP contribution in [0.4, 0.5) is 0 Å². The molecule has 5 nitrogen and oxygen atoms in total. The Balaban J connectivity index is 2.82. The Kier molecular flexibility index (Phi) is 5.40. The van der Waals surface area contributed by atoms with Gasteiger partial charge in [0.25, 0.3) is 10.0 Å². The molecule has 7 heteroatoms. The van der Waals surface area contributed by atoms with Gasteiger partial charge in [-0.15, -0.1) is 0 Å². The molecule has 0 heterocycles. The molecule has 0 amide bonds. The van der Waals surface area contributed by atoms with Gasteiger partial charge < -0.3 is 4.74 Å². The summed E-state index contributed by atoms with van der Waals surface area (Å²) in [5.41, 5.74) is 0. The zero-order valence-corrected chi connectivity index (χ0v) is 12.0. The Labute approximate surface area is 112 Å². The van der Waals surface area contributed by atoms with Crippen LogP contribution in [-0.2, 0) is 14.9 Å². The Hall–Kier alpha value is -0.820. The number of nitrogens with one attached hydrogen (secondary N) is 1. The van der Waals surface area contributed by atoms with Crippen LogP contribution in [0, 0.1) is 5.92 Å². The van der Waals surface area contributed by atoms with Crippen molar-refractivity contribution in [3.63, 3.8) is 0 Å². The monoisotopic (exact) mass is 293 g/mol. The van der Waals surface area contributed by atoms with E-state index in [0.29, 0.717) is 12.4 Å². The molecule has 0 aromatic heterocycles. The summed E-state index contributed by atoms with van der Waals surface area (Å²) < 4.78 is 28.6. The fourth-order valence-electron chi connectivity index (χ4n) is 1.14. The summed E-state index contributed by atoms with van der Waals surface area (Å²) in [6.45, 7) is 4.13. The van der Waals surface area contributed by atoms with E-state index in [0.717, 1.165) is 0 Å². The Morgan fingerprint density at radius 2 is 2.06 bits per heavy atom. The van der Waals surface area contributed by atoms with Gasteiger partial charge in [-0.05, 0) is 24.1 Å². The van der Waals surface area contributed by atoms with E-state index in [2.05, 4.69) is 0 Å². The number of rotatable bonds is 6. The van der Waals surface area contributed by atoms with Crippen LogP contribution >= 0.6 is 11.6 Å². The van der Waals surface area contributed by atoms with Gasteiger partial charge >= 0.3 is 0 Å². The lowest BCUT2D eigenvalue weighted by Gasteiger charge is -2.10. The van der Waals surface area contributed by atoms with Crippen LogP contribution in [0.5, 0.6) is 5.75 Å². The summed E-state index contributed by atoms with van der Waals surface area (Å²) in [5, 5.41) is 0.226. The summed E-state index contributed by atoms with van der Waals surface area (Å²) in [4.78, 5) is 6.97. The SMILES string of the molecule is COc1ccc(S(=O)(=O)NOCC(C)C)cc1Cl. The molecule has 0 saturated carbocycles. The van der Waals surface area contributed by atoms with Crippen LogP contribution in [0.15, 0.2) is 23.1 Å². The topological polar surface area (TPSA) is 64.6 Å². The van der Waals surface area contributed by atoms with Crippen molar-refractivity contribution in [2.24, 2.45) is 5.92 Å². The van der Waals surface area contributed by atoms with Gasteiger partial charge in [0, 0.05) is 0 Å². The summed E-state index contributed by atoms with van der Waals surface area (Å²) >= 11 is 5.86. The van der Waals surface area contributed by atoms with Crippen molar-refractivity contribution in [1.29, 1.82) is 0 Å². The molecule has 0 unspecified atom stereocenters. The first-order chi connectivity index (χ1) is 8.36. The lowest BCUT2D eigenvalue weighted by molar-refractivity contribution is 0.0718. The minimum Gasteiger partial charge on any atom is -0.495 e. The average molecular weight is 294 g/mol. The highest BCUT2D eigenvalue weighted by Gasteiger charge is 2.16. The van der Waals surface area contributed by atoms with E-state index in [1.165, 1.54) is 25.3 Å². The largest absolute Gasteiger partial charge is 0.495 e. The third-order valence-corrected chi connectivity index (χ3v) is 3.53. The minimum absolute atomic E-state index is 0.0251. The van der Waals surface area contributed by atoms with Crippen LogP contribution in [-0.4, -0.2) is 22.1 Å². The second-order valence-corrected chi connectivity index (χ2v) is 6.14. The molecule has 0 radical (unpaired) electrons. The lowest BCUT2D eigenvalue weighted by atomic mass is 10.2. The molecule has 0 aliphatic carbocycles. The second kappa shape index (κ2) is 6.38. The smallest absolute Gasteiger partial charge is 0.262 e. The van der Waals surface area contributed by atoms with Gasteiger partial charge in [-0.3, -0.25) is 4.84 Å². The lowest BCUT2D eigenvalue weighted by Crippen LogP contribution is -2.25. The van der Waals surface area contributed by atoms with E-state index in [4.69, 9.17) is 21.2 Å². The van der Waals surface area contributed by atoms with Crippen LogP contribution in [0.1, 0.15) is 13.8 Å². The van der Waals surface area contributed by atoms with Gasteiger partial charge in [-0.25, -0.2) is 8.42 Å². The van der Waals surface area contributed by atoms with E-state index in [1.54, 1.807) is 0 Å². The van der Waals surface area contributed by atoms with Crippen molar-refractivity contribution in [2.45, 2.75) is 18.7 Å². The molecule has 1 N–H and O–H groups in total. The predicted octanol–water partition coefficient (Wildman–Crippen LogP) is 2.21. The molecule has 1 aromatic rings. The quantitative estimate of drug-likeness (QED) is 0.817. The Bertz CT molecular complexity index is 502. The molecular formula is C11H16ClNO4S. The fourth-order valence-corrected chi connectivity index (χ4v) is 2.30. The molecule has 0 aliphatic rings. The molecule has 0 atom stereocenters. The highest BCUT2D eigenvalue weighted by molar-refractivity contribution is 7.89. The standard InChI is InChI=1S/C11H16ClNO4S/c1-8(2)7-17-13-18(14,15)9-4-5-11(16-3)10(12)6-9/h4-6,8,13H,7H2,1-3H3. The van der Waals surface area contributed by atoms with Crippen LogP contribution in [0.25, 0.3) is 0 Å². The van der Waals surface area contributed by atoms with Gasteiger partial charge in [0.05, 0.1) is 23.6 Å². The summed E-state index contributed by atoms with van der Waals surface area (Å²) in [5.74, 6) is 0.644. The number of hydrogen-bond acceptors (Lipinski definition) is 4. The maximum absolute atomic E-state index is 11.8. The molecule has 0 bridgehead atoms. The average Bonchev–Trinajstić information content (AvgIpc) is 2.28. The first-order valence-electron chi connectivity index (χ1n) is 5.34. The Morgan fingerprint density at radius 1 is 1.39 bits per heavy atom. The van der Waals surface area contributed by atoms with Crippen molar-refractivity contribution < 1.29 is 18.0 Å². The van der Waals surface area contributed by atoms with E-state index >= 15 is 0 Å². The molecule has 102 valence electrons. The van der Waals surface area contributed by atoms with Gasteiger partial charge in [0.15, 0.2) is 0 Å². The number of benzene rings is 1. The van der Waals surface area contributed by atoms with E-state index in [-0.39, 0.29) is 15.8 Å². The van der Waals surface area contributed by atoms with Crippen LogP contribution in [0.3, 0.4) is 0 Å². The molecular weight excluding hydrogens is 278 g/mol. The maximum atomic E-state index is 11.8. The normalized spacial score (nSPS) is 11.8. The first kappa shape index (κ1) is 15.2. The number of hydrogen-bond donors (Lipinski definition) is 1. The predicted molar refractivity (Wildman–Crippen MR) is 69.1 cm³/mol. The van der Waals surface area contributed by atoms with Crippen LogP contribution < -0.4 is 9.62 Å². The van der Waals surface area contributed by atoms with E-state index < -0.39 is 10.0 Å². The molecule has 0 fully saturated rings. The number of halogens is 1. The summed E-state index contributed by atoms with van der Waals surface area (Å²) in [6.07, 6.45) is 0. The van der Waals surface area contributed by atoms with Crippen molar-refractivity contribution >= 4 is 21.6 Å². The highest BCUT2D eigenvalue weighted by atomic mass is 35.5. The summed E-state index contributed by atoms with van der Waals surface area (Å²) in [7, 11) is -2.26. The fraction of sp³-hybridized carbons (Fsp3) is 0.455. The molecule has 18 heavy (non-hydrogen) atoms. The zero-order valence-electron chi connectivity index (χ0n) is 10.4. The van der Waals surface area contributed by atoms with Gasteiger partial charge in [-0.2, -0.15) is 0 Å². The van der Waals surface area contributed by atoms with Gasteiger partial charge in [0.1, 0.15) is 5.75 Å². The molecule has 0 spiro atoms. The Morgan fingerprint density at radius 3 is 2.56 bits per heavy atom. The molecule has 0 saturated heterocycles. The van der Waals surface area contributed by atoms with Crippen LogP contribution in [0.2, 0.25) is 5.02 Å². The van der Waals surface area contributed by atoms with E-state index in [9.17, 15) is 8.42 Å². The van der Waals surface area contributed by atoms with Gasteiger partial charge in [-0.1, -0.05) is 30.3 Å². The third-order valence-electron chi connectivity index (χ3n) is 2.02. The van der Waals surface area contributed by atoms with E-state index in [1.807, 2.05) is 18.7 Å². The van der Waals surface area contributed by atoms with Gasteiger partial charge in [0.2, 0.25) is 0 Å². The molecule has 1 aromatic carbocycles. The zero-order chi connectivity index (χ0) is 13.8. The first-order valence-corrected chi connectivity index (χ1v) is 7.20. The number of methoxy groups -OCH3 is 1. The number of ether oxygens (including phenoxy) is 1. The maximum Gasteiger partial charge on any atom is 0.262 e. The van der Waals surface area contributed by atoms with Crippen molar-refractivity contribution in [3.8, 4) is 5.75 Å². The number of sulfonamides is 1. The van der Waals surface area contributed by atoms with Crippen molar-refractivity contribution in [1.82, 2.24) is 4.89 Å². The highest BCUT2D eigenvalue weighted by Crippen LogP contribution is 2.26. The van der Waals surface area contributed by atoms with Crippen molar-refractivity contribution in [2.75, 3.05) is 13.7 Å². The molecule has 1 rings (SSSR count). The third kappa shape index (κ3) is 4.13. The van der Waals surface area contributed by atoms with Crippen molar-refractivity contribution in [3.05, 3.63) is 23.2 Å². The summed E-state index contributed by atoms with van der Waals surface area (Å²) in [6, 6.07) is 4.19.